The lowest BCUT2D eigenvalue weighted by atomic mass is 9.95. The summed E-state index contributed by atoms with van der Waals surface area (Å²) < 4.78 is 5.10. The number of carbonyl (C=O) groups is 1. The van der Waals surface area contributed by atoms with Gasteiger partial charge in [0.15, 0.2) is 0 Å². The average molecular weight is 361 g/mol. The molecule has 7 heteroatoms. The fourth-order valence-corrected chi connectivity index (χ4v) is 3.21. The number of nitrogens with zero attached hydrogens (tertiary/aromatic N) is 2. The van der Waals surface area contributed by atoms with Crippen LogP contribution in [-0.4, -0.2) is 29.0 Å². The van der Waals surface area contributed by atoms with Crippen molar-refractivity contribution >= 4 is 29.0 Å². The first-order chi connectivity index (χ1) is 12.2. The highest BCUT2D eigenvalue weighted by Gasteiger charge is 2.15. The zero-order chi connectivity index (χ0) is 17.6. The van der Waals surface area contributed by atoms with E-state index < -0.39 is 0 Å². The minimum Gasteiger partial charge on any atom is -0.495 e. The van der Waals surface area contributed by atoms with Crippen molar-refractivity contribution in [2.75, 3.05) is 17.7 Å². The first-order valence-electron chi connectivity index (χ1n) is 8.39. The number of aromatic nitrogens is 2. The summed E-state index contributed by atoms with van der Waals surface area (Å²) in [5.41, 5.74) is 0.886. The number of methoxy groups -OCH3 is 1. The van der Waals surface area contributed by atoms with E-state index in [4.69, 9.17) is 16.3 Å². The summed E-state index contributed by atoms with van der Waals surface area (Å²) in [5.74, 6) is 0.927. The SMILES string of the molecule is COc1ccc(NC(=O)c2cc(NC3CCCCC3)ncn2)cc1Cl. The predicted molar refractivity (Wildman–Crippen MR) is 98.5 cm³/mol. The van der Waals surface area contributed by atoms with Crippen molar-refractivity contribution in [3.8, 4) is 5.75 Å². The zero-order valence-electron chi connectivity index (χ0n) is 14.1. The number of ether oxygens (including phenoxy) is 1. The number of anilines is 2. The summed E-state index contributed by atoms with van der Waals surface area (Å²) >= 11 is 6.08. The van der Waals surface area contributed by atoms with Crippen LogP contribution < -0.4 is 15.4 Å². The molecule has 0 radical (unpaired) electrons. The largest absolute Gasteiger partial charge is 0.495 e. The van der Waals surface area contributed by atoms with E-state index in [2.05, 4.69) is 20.6 Å². The molecule has 0 spiro atoms. The van der Waals surface area contributed by atoms with Crippen LogP contribution in [0.2, 0.25) is 5.02 Å². The van der Waals surface area contributed by atoms with Gasteiger partial charge in [0.05, 0.1) is 12.1 Å². The van der Waals surface area contributed by atoms with Gasteiger partial charge in [0, 0.05) is 17.8 Å². The molecule has 132 valence electrons. The van der Waals surface area contributed by atoms with Crippen LogP contribution in [0.5, 0.6) is 5.75 Å². The lowest BCUT2D eigenvalue weighted by Crippen LogP contribution is -2.23. The third kappa shape index (κ3) is 4.60. The molecule has 1 saturated carbocycles. The molecule has 0 aliphatic heterocycles. The van der Waals surface area contributed by atoms with Crippen LogP contribution in [0.3, 0.4) is 0 Å². The van der Waals surface area contributed by atoms with Crippen molar-refractivity contribution in [3.05, 3.63) is 41.3 Å². The van der Waals surface area contributed by atoms with Gasteiger partial charge in [0.2, 0.25) is 0 Å². The third-order valence-corrected chi connectivity index (χ3v) is 4.56. The van der Waals surface area contributed by atoms with E-state index in [0.717, 1.165) is 12.8 Å². The molecule has 25 heavy (non-hydrogen) atoms. The van der Waals surface area contributed by atoms with Gasteiger partial charge in [-0.15, -0.1) is 0 Å². The van der Waals surface area contributed by atoms with E-state index in [-0.39, 0.29) is 5.91 Å². The van der Waals surface area contributed by atoms with Gasteiger partial charge in [-0.1, -0.05) is 30.9 Å². The average Bonchev–Trinajstić information content (AvgIpc) is 2.63. The Labute approximate surface area is 152 Å². The van der Waals surface area contributed by atoms with E-state index in [1.807, 2.05) is 0 Å². The second-order valence-electron chi connectivity index (χ2n) is 6.07. The van der Waals surface area contributed by atoms with Gasteiger partial charge in [-0.25, -0.2) is 9.97 Å². The molecular weight excluding hydrogens is 340 g/mol. The number of halogens is 1. The van der Waals surface area contributed by atoms with Crippen molar-refractivity contribution in [1.82, 2.24) is 9.97 Å². The van der Waals surface area contributed by atoms with Crippen LogP contribution in [-0.2, 0) is 0 Å². The van der Waals surface area contributed by atoms with Crippen LogP contribution in [0, 0.1) is 0 Å². The molecule has 1 aromatic heterocycles. The minimum absolute atomic E-state index is 0.306. The maximum absolute atomic E-state index is 12.4. The number of rotatable bonds is 5. The second kappa shape index (κ2) is 8.16. The maximum Gasteiger partial charge on any atom is 0.274 e. The fraction of sp³-hybridized carbons (Fsp3) is 0.389. The van der Waals surface area contributed by atoms with Crippen molar-refractivity contribution in [2.45, 2.75) is 38.1 Å². The van der Waals surface area contributed by atoms with Gasteiger partial charge in [-0.3, -0.25) is 4.79 Å². The Morgan fingerprint density at radius 2 is 2.00 bits per heavy atom. The Kier molecular flexibility index (Phi) is 5.71. The highest BCUT2D eigenvalue weighted by molar-refractivity contribution is 6.32. The topological polar surface area (TPSA) is 76.1 Å². The molecule has 2 aromatic rings. The van der Waals surface area contributed by atoms with Crippen LogP contribution in [0.15, 0.2) is 30.6 Å². The molecule has 0 bridgehead atoms. The number of nitrogens with one attached hydrogen (secondary N) is 2. The number of carbonyl (C=O) groups excluding carboxylic acids is 1. The molecule has 0 saturated heterocycles. The zero-order valence-corrected chi connectivity index (χ0v) is 14.8. The Hall–Kier alpha value is -2.34. The number of hydrogen-bond donors (Lipinski definition) is 2. The lowest BCUT2D eigenvalue weighted by molar-refractivity contribution is 0.102. The van der Waals surface area contributed by atoms with Gasteiger partial charge < -0.3 is 15.4 Å². The monoisotopic (exact) mass is 360 g/mol. The van der Waals surface area contributed by atoms with E-state index >= 15 is 0 Å². The standard InChI is InChI=1S/C18H21ClN4O2/c1-25-16-8-7-13(9-14(16)19)23-18(24)15-10-17(21-11-20-15)22-12-5-3-2-4-6-12/h7-12H,2-6H2,1H3,(H,23,24)(H,20,21,22). The van der Waals surface area contributed by atoms with Crippen LogP contribution in [0.4, 0.5) is 11.5 Å². The third-order valence-electron chi connectivity index (χ3n) is 4.27. The minimum atomic E-state index is -0.310. The maximum atomic E-state index is 12.4. The molecular formula is C18H21ClN4O2. The molecule has 1 heterocycles. The van der Waals surface area contributed by atoms with E-state index in [9.17, 15) is 4.79 Å². The van der Waals surface area contributed by atoms with Crippen molar-refractivity contribution in [2.24, 2.45) is 0 Å². The van der Waals surface area contributed by atoms with Gasteiger partial charge in [0.1, 0.15) is 23.6 Å². The highest BCUT2D eigenvalue weighted by Crippen LogP contribution is 2.27. The molecule has 1 amide bonds. The van der Waals surface area contributed by atoms with E-state index in [1.54, 1.807) is 31.4 Å². The Morgan fingerprint density at radius 3 is 2.72 bits per heavy atom. The summed E-state index contributed by atoms with van der Waals surface area (Å²) in [4.78, 5) is 20.7. The van der Waals surface area contributed by atoms with Crippen LogP contribution in [0.1, 0.15) is 42.6 Å². The molecule has 1 fully saturated rings. The molecule has 0 atom stereocenters. The normalized spacial score (nSPS) is 14.8. The number of amides is 1. The Bertz CT molecular complexity index is 748. The van der Waals surface area contributed by atoms with Crippen molar-refractivity contribution in [1.29, 1.82) is 0 Å². The van der Waals surface area contributed by atoms with E-state index in [0.29, 0.717) is 34.0 Å². The molecule has 1 aromatic carbocycles. The first-order valence-corrected chi connectivity index (χ1v) is 8.77. The summed E-state index contributed by atoms with van der Waals surface area (Å²) in [6, 6.07) is 7.16. The van der Waals surface area contributed by atoms with Crippen molar-refractivity contribution < 1.29 is 9.53 Å². The smallest absolute Gasteiger partial charge is 0.274 e. The summed E-state index contributed by atoms with van der Waals surface area (Å²) in [6.45, 7) is 0. The number of benzene rings is 1. The summed E-state index contributed by atoms with van der Waals surface area (Å²) in [5, 5.41) is 6.61. The number of hydrogen-bond acceptors (Lipinski definition) is 5. The highest BCUT2D eigenvalue weighted by atomic mass is 35.5. The molecule has 1 aliphatic carbocycles. The molecule has 0 unspecified atom stereocenters. The van der Waals surface area contributed by atoms with Crippen LogP contribution in [0.25, 0.3) is 0 Å². The Balaban J connectivity index is 1.67. The summed E-state index contributed by atoms with van der Waals surface area (Å²) in [7, 11) is 1.54. The molecule has 3 rings (SSSR count). The van der Waals surface area contributed by atoms with Crippen molar-refractivity contribution in [3.63, 3.8) is 0 Å². The lowest BCUT2D eigenvalue weighted by Gasteiger charge is -2.23. The van der Waals surface area contributed by atoms with Gasteiger partial charge >= 0.3 is 0 Å². The first kappa shape index (κ1) is 17.5. The van der Waals surface area contributed by atoms with Gasteiger partial charge in [-0.05, 0) is 31.0 Å². The second-order valence-corrected chi connectivity index (χ2v) is 6.48. The fourth-order valence-electron chi connectivity index (χ4n) is 2.96. The van der Waals surface area contributed by atoms with Gasteiger partial charge in [-0.2, -0.15) is 0 Å². The quantitative estimate of drug-likeness (QED) is 0.838. The molecule has 1 aliphatic rings. The van der Waals surface area contributed by atoms with Gasteiger partial charge in [0.25, 0.3) is 5.91 Å². The van der Waals surface area contributed by atoms with E-state index in [1.165, 1.54) is 25.6 Å². The Morgan fingerprint density at radius 1 is 1.20 bits per heavy atom. The molecule has 2 N–H and O–H groups in total. The predicted octanol–water partition coefficient (Wildman–Crippen LogP) is 4.14. The summed E-state index contributed by atoms with van der Waals surface area (Å²) in [6.07, 6.45) is 7.43. The van der Waals surface area contributed by atoms with Crippen LogP contribution >= 0.6 is 11.6 Å². The molecule has 6 nitrogen and oxygen atoms in total.